The maximum absolute atomic E-state index is 11.0. The smallest absolute Gasteiger partial charge is 0.309 e. The molecule has 0 radical (unpaired) electrons. The van der Waals surface area contributed by atoms with Crippen molar-refractivity contribution in [1.29, 1.82) is 0 Å². The molecule has 5 heteroatoms. The molecule has 2 heterocycles. The molecule has 1 saturated carbocycles. The highest BCUT2D eigenvalue weighted by Crippen LogP contribution is 2.36. The zero-order valence-corrected chi connectivity index (χ0v) is 20.2. The maximum Gasteiger partial charge on any atom is 0.309 e. The Balaban J connectivity index is 1.22. The largest absolute Gasteiger partial charge is 0.488 e. The van der Waals surface area contributed by atoms with Crippen molar-refractivity contribution < 1.29 is 14.6 Å². The number of aliphatic carboxylic acids is 1. The highest BCUT2D eigenvalue weighted by Gasteiger charge is 2.32. The molecule has 3 aromatic rings. The number of benzene rings is 2. The second-order valence-corrected chi connectivity index (χ2v) is 10.8. The molecule has 33 heavy (non-hydrogen) atoms. The first-order chi connectivity index (χ1) is 16.1. The monoisotopic (exact) mass is 463 g/mol. The van der Waals surface area contributed by atoms with Crippen LogP contribution >= 0.6 is 11.3 Å². The van der Waals surface area contributed by atoms with E-state index in [0.29, 0.717) is 19.7 Å². The summed E-state index contributed by atoms with van der Waals surface area (Å²) in [4.78, 5) is 14.4. The lowest BCUT2D eigenvalue weighted by molar-refractivity contribution is -0.147. The fourth-order valence-corrected chi connectivity index (χ4v) is 6.33. The Kier molecular flexibility index (Phi) is 6.70. The molecule has 0 unspecified atom stereocenters. The Morgan fingerprint density at radius 1 is 1.09 bits per heavy atom. The molecule has 1 aromatic heterocycles. The number of carbonyl (C=O) groups is 1. The van der Waals surface area contributed by atoms with Crippen molar-refractivity contribution in [3.63, 3.8) is 0 Å². The van der Waals surface area contributed by atoms with E-state index in [2.05, 4.69) is 54.3 Å². The minimum Gasteiger partial charge on any atom is -0.488 e. The van der Waals surface area contributed by atoms with Gasteiger partial charge in [-0.2, -0.15) is 0 Å². The van der Waals surface area contributed by atoms with Gasteiger partial charge in [-0.25, -0.2) is 0 Å². The lowest BCUT2D eigenvalue weighted by Crippen LogP contribution is -2.49. The van der Waals surface area contributed by atoms with E-state index in [0.717, 1.165) is 24.6 Å². The summed E-state index contributed by atoms with van der Waals surface area (Å²) in [6.07, 6.45) is 7.82. The van der Waals surface area contributed by atoms with Gasteiger partial charge < -0.3 is 9.84 Å². The van der Waals surface area contributed by atoms with Gasteiger partial charge in [0, 0.05) is 29.2 Å². The summed E-state index contributed by atoms with van der Waals surface area (Å²) in [6, 6.07) is 15.5. The van der Waals surface area contributed by atoms with Crippen molar-refractivity contribution in [1.82, 2.24) is 4.90 Å². The molecule has 0 spiro atoms. The molecule has 1 N–H and O–H groups in total. The van der Waals surface area contributed by atoms with Gasteiger partial charge in [-0.1, -0.05) is 38.3 Å². The molecule has 1 saturated heterocycles. The van der Waals surface area contributed by atoms with E-state index in [1.54, 1.807) is 11.3 Å². The van der Waals surface area contributed by atoms with Crippen LogP contribution in [-0.4, -0.2) is 29.1 Å². The minimum absolute atomic E-state index is 0.205. The number of aryl methyl sites for hydroxylation is 1. The van der Waals surface area contributed by atoms with Crippen LogP contribution in [0.3, 0.4) is 0 Å². The number of thiophene rings is 1. The lowest BCUT2D eigenvalue weighted by atomic mass is 9.81. The third kappa shape index (κ3) is 5.10. The topological polar surface area (TPSA) is 49.8 Å². The van der Waals surface area contributed by atoms with Crippen molar-refractivity contribution in [3.8, 4) is 5.75 Å². The third-order valence-corrected chi connectivity index (χ3v) is 8.36. The third-order valence-electron chi connectivity index (χ3n) is 7.27. The number of rotatable bonds is 8. The average Bonchev–Trinajstić information content (AvgIpc) is 3.22. The van der Waals surface area contributed by atoms with Gasteiger partial charge in [-0.15, -0.1) is 11.3 Å². The Bertz CT molecular complexity index is 1130. The Morgan fingerprint density at radius 3 is 2.67 bits per heavy atom. The van der Waals surface area contributed by atoms with Crippen LogP contribution in [0.4, 0.5) is 0 Å². The highest BCUT2D eigenvalue weighted by molar-refractivity contribution is 7.19. The van der Waals surface area contributed by atoms with Crippen LogP contribution in [0.5, 0.6) is 5.75 Å². The lowest BCUT2D eigenvalue weighted by Gasteiger charge is -2.36. The van der Waals surface area contributed by atoms with E-state index >= 15 is 0 Å². The summed E-state index contributed by atoms with van der Waals surface area (Å²) in [5, 5.41) is 10.3. The van der Waals surface area contributed by atoms with Crippen molar-refractivity contribution in [2.24, 2.45) is 5.92 Å². The van der Waals surface area contributed by atoms with Gasteiger partial charge in [0.25, 0.3) is 0 Å². The standard InChI is InChI=1S/C28H33NO3S/c1-2-20-13-24(9-10-26(20)21-6-4-3-5-7-21)32-18-25-14-22-12-19(8-11-27(22)33-25)15-29-16-23(17-29)28(30)31/h8-14,21,23H,2-7,15-18H2,1H3,(H,30,31). The van der Waals surface area contributed by atoms with Crippen molar-refractivity contribution >= 4 is 27.4 Å². The number of hydrogen-bond donors (Lipinski definition) is 1. The van der Waals surface area contributed by atoms with E-state index in [1.807, 2.05) is 0 Å². The van der Waals surface area contributed by atoms with Crippen molar-refractivity contribution in [2.75, 3.05) is 13.1 Å². The van der Waals surface area contributed by atoms with Gasteiger partial charge >= 0.3 is 5.97 Å². The van der Waals surface area contributed by atoms with E-state index in [4.69, 9.17) is 9.84 Å². The first-order valence-corrected chi connectivity index (χ1v) is 13.1. The molecule has 0 amide bonds. The fraction of sp³-hybridized carbons (Fsp3) is 0.464. The molecular weight excluding hydrogens is 430 g/mol. The van der Waals surface area contributed by atoms with E-state index in [9.17, 15) is 4.79 Å². The van der Waals surface area contributed by atoms with Crippen LogP contribution in [-0.2, 0) is 24.4 Å². The number of carboxylic acids is 1. The summed E-state index contributed by atoms with van der Waals surface area (Å²) in [5.41, 5.74) is 4.22. The van der Waals surface area contributed by atoms with Crippen LogP contribution < -0.4 is 4.74 Å². The Hall–Kier alpha value is -2.37. The molecule has 4 nitrogen and oxygen atoms in total. The number of likely N-dealkylation sites (tertiary alicyclic amines) is 1. The summed E-state index contributed by atoms with van der Waals surface area (Å²) in [6.45, 7) is 4.95. The SMILES string of the molecule is CCc1cc(OCc2cc3cc(CN4CC(C(=O)O)C4)ccc3s2)ccc1C1CCCCC1. The second-order valence-electron chi connectivity index (χ2n) is 9.65. The Labute approximate surface area is 200 Å². The molecule has 0 atom stereocenters. The van der Waals surface area contributed by atoms with Crippen LogP contribution in [0.2, 0.25) is 0 Å². The molecule has 2 aromatic carbocycles. The van der Waals surface area contributed by atoms with Gasteiger partial charge in [0.15, 0.2) is 0 Å². The van der Waals surface area contributed by atoms with Gasteiger partial charge in [-0.05, 0) is 77.6 Å². The van der Waals surface area contributed by atoms with Crippen LogP contribution in [0.25, 0.3) is 10.1 Å². The van der Waals surface area contributed by atoms with E-state index in [1.165, 1.54) is 63.8 Å². The zero-order valence-electron chi connectivity index (χ0n) is 19.4. The van der Waals surface area contributed by atoms with Gasteiger partial charge in [0.1, 0.15) is 12.4 Å². The van der Waals surface area contributed by atoms with Crippen LogP contribution in [0.1, 0.15) is 66.5 Å². The molecule has 5 rings (SSSR count). The average molecular weight is 464 g/mol. The normalized spacial score (nSPS) is 17.8. The summed E-state index contributed by atoms with van der Waals surface area (Å²) >= 11 is 1.79. The fourth-order valence-electron chi connectivity index (χ4n) is 5.38. The second kappa shape index (κ2) is 9.86. The number of nitrogens with zero attached hydrogens (tertiary/aromatic N) is 1. The van der Waals surface area contributed by atoms with E-state index < -0.39 is 5.97 Å². The summed E-state index contributed by atoms with van der Waals surface area (Å²) in [5.74, 6) is 0.809. The number of fused-ring (bicyclic) bond motifs is 1. The first-order valence-electron chi connectivity index (χ1n) is 12.3. The molecule has 174 valence electrons. The maximum atomic E-state index is 11.0. The van der Waals surface area contributed by atoms with Gasteiger partial charge in [0.2, 0.25) is 0 Å². The predicted octanol–water partition coefficient (Wildman–Crippen LogP) is 6.61. The first kappa shape index (κ1) is 22.4. The van der Waals surface area contributed by atoms with E-state index in [-0.39, 0.29) is 5.92 Å². The predicted molar refractivity (Wildman–Crippen MR) is 134 cm³/mol. The van der Waals surface area contributed by atoms with Gasteiger partial charge in [-0.3, -0.25) is 9.69 Å². The Morgan fingerprint density at radius 2 is 1.91 bits per heavy atom. The highest BCUT2D eigenvalue weighted by atomic mass is 32.1. The zero-order chi connectivity index (χ0) is 22.8. The van der Waals surface area contributed by atoms with Crippen molar-refractivity contribution in [3.05, 3.63) is 64.0 Å². The van der Waals surface area contributed by atoms with Gasteiger partial charge in [0.05, 0.1) is 5.92 Å². The molecule has 0 bridgehead atoms. The number of ether oxygens (including phenoxy) is 1. The number of hydrogen-bond acceptors (Lipinski definition) is 4. The molecule has 1 aliphatic carbocycles. The molecule has 1 aliphatic heterocycles. The quantitative estimate of drug-likeness (QED) is 0.408. The minimum atomic E-state index is -0.682. The summed E-state index contributed by atoms with van der Waals surface area (Å²) < 4.78 is 7.48. The van der Waals surface area contributed by atoms with Crippen LogP contribution in [0.15, 0.2) is 42.5 Å². The van der Waals surface area contributed by atoms with Crippen molar-refractivity contribution in [2.45, 2.75) is 64.5 Å². The number of carboxylic acid groups (broad SMARTS) is 1. The summed E-state index contributed by atoms with van der Waals surface area (Å²) in [7, 11) is 0. The molecule has 2 aliphatic rings. The molecule has 2 fully saturated rings. The molecular formula is C28H33NO3S. The van der Waals surface area contributed by atoms with Crippen LogP contribution in [0, 0.1) is 5.92 Å².